The Balaban J connectivity index is 0.00000300. The van der Waals surface area contributed by atoms with E-state index in [-0.39, 0.29) is 29.9 Å². The summed E-state index contributed by atoms with van der Waals surface area (Å²) in [5.74, 6) is 0.897. The first-order chi connectivity index (χ1) is 13.6. The lowest BCUT2D eigenvalue weighted by molar-refractivity contribution is -0.120. The Labute approximate surface area is 190 Å². The number of hydrogen-bond acceptors (Lipinski definition) is 5. The summed E-state index contributed by atoms with van der Waals surface area (Å²) in [4.78, 5) is 23.8. The van der Waals surface area contributed by atoms with Crippen LogP contribution in [0.3, 0.4) is 0 Å². The number of guanidine groups is 1. The number of piperazine rings is 1. The molecule has 1 aliphatic heterocycles. The van der Waals surface area contributed by atoms with Gasteiger partial charge in [0.2, 0.25) is 5.91 Å². The third kappa shape index (κ3) is 6.82. The second-order valence-electron chi connectivity index (χ2n) is 7.33. The van der Waals surface area contributed by atoms with Gasteiger partial charge >= 0.3 is 0 Å². The SMILES string of the molecule is CCNC(=NCCN(CCOC)C1CC1)N1CCN(c2cnn(C)c2)C(=O)C1.I. The Morgan fingerprint density at radius 1 is 1.38 bits per heavy atom. The van der Waals surface area contributed by atoms with Crippen molar-refractivity contribution in [3.8, 4) is 0 Å². The minimum Gasteiger partial charge on any atom is -0.383 e. The van der Waals surface area contributed by atoms with E-state index in [1.807, 2.05) is 13.2 Å². The van der Waals surface area contributed by atoms with Crippen LogP contribution in [0.4, 0.5) is 5.69 Å². The summed E-state index contributed by atoms with van der Waals surface area (Å²) in [5, 5.41) is 7.51. The molecule has 9 nitrogen and oxygen atoms in total. The smallest absolute Gasteiger partial charge is 0.246 e. The molecule has 2 heterocycles. The number of amides is 1. The molecular formula is C19H34IN7O2. The standard InChI is InChI=1S/C19H33N7O2.HI/c1-4-20-19(21-7-8-24(11-12-28-3)16-5-6-16)25-9-10-26(18(27)15-25)17-13-22-23(2)14-17;/h13-14,16H,4-12,15H2,1-3H3,(H,20,21);1H. The van der Waals surface area contributed by atoms with E-state index in [0.717, 1.165) is 51.0 Å². The molecule has 1 saturated heterocycles. The predicted molar refractivity (Wildman–Crippen MR) is 125 cm³/mol. The molecule has 0 radical (unpaired) electrons. The van der Waals surface area contributed by atoms with E-state index in [2.05, 4.69) is 27.1 Å². The summed E-state index contributed by atoms with van der Waals surface area (Å²) in [6, 6.07) is 0.692. The van der Waals surface area contributed by atoms with Crippen molar-refractivity contribution in [1.82, 2.24) is 24.9 Å². The number of carbonyl (C=O) groups is 1. The molecule has 0 bridgehead atoms. The van der Waals surface area contributed by atoms with Crippen LogP contribution in [0.25, 0.3) is 0 Å². The Hall–Kier alpha value is -1.40. The van der Waals surface area contributed by atoms with E-state index in [1.54, 1.807) is 22.9 Å². The van der Waals surface area contributed by atoms with Gasteiger partial charge in [-0.2, -0.15) is 5.10 Å². The molecule has 1 N–H and O–H groups in total. The quantitative estimate of drug-likeness (QED) is 0.295. The number of ether oxygens (including phenoxy) is 1. The van der Waals surface area contributed by atoms with Crippen LogP contribution in [0, 0.1) is 0 Å². The second kappa shape index (κ2) is 11.7. The van der Waals surface area contributed by atoms with Crippen molar-refractivity contribution in [2.75, 3.05) is 64.4 Å². The number of nitrogens with zero attached hydrogens (tertiary/aromatic N) is 6. The van der Waals surface area contributed by atoms with Crippen LogP contribution in [0.5, 0.6) is 0 Å². The van der Waals surface area contributed by atoms with Crippen LogP contribution >= 0.6 is 24.0 Å². The molecule has 1 aromatic rings. The summed E-state index contributed by atoms with van der Waals surface area (Å²) in [6.07, 6.45) is 6.16. The number of aromatic nitrogens is 2. The molecule has 3 rings (SSSR count). The van der Waals surface area contributed by atoms with E-state index in [9.17, 15) is 4.79 Å². The van der Waals surface area contributed by atoms with Crippen molar-refractivity contribution in [3.63, 3.8) is 0 Å². The molecule has 2 fully saturated rings. The molecule has 10 heteroatoms. The maximum atomic E-state index is 12.7. The topological polar surface area (TPSA) is 78.2 Å². The van der Waals surface area contributed by atoms with Gasteiger partial charge < -0.3 is 19.9 Å². The lowest BCUT2D eigenvalue weighted by Gasteiger charge is -2.35. The molecule has 0 spiro atoms. The number of aryl methyl sites for hydroxylation is 1. The normalized spacial score (nSPS) is 17.7. The Kier molecular flexibility index (Phi) is 9.63. The number of aliphatic imine (C=N–C) groups is 1. The summed E-state index contributed by atoms with van der Waals surface area (Å²) >= 11 is 0. The van der Waals surface area contributed by atoms with Crippen molar-refractivity contribution in [2.45, 2.75) is 25.8 Å². The minimum atomic E-state index is 0. The maximum Gasteiger partial charge on any atom is 0.246 e. The zero-order valence-electron chi connectivity index (χ0n) is 17.7. The van der Waals surface area contributed by atoms with Crippen LogP contribution in [-0.2, 0) is 16.6 Å². The molecule has 1 amide bonds. The number of hydrogen-bond donors (Lipinski definition) is 1. The largest absolute Gasteiger partial charge is 0.383 e. The third-order valence-electron chi connectivity index (χ3n) is 5.15. The number of rotatable bonds is 9. The minimum absolute atomic E-state index is 0. The molecule has 0 atom stereocenters. The summed E-state index contributed by atoms with van der Waals surface area (Å²) < 4.78 is 6.94. The van der Waals surface area contributed by atoms with Crippen molar-refractivity contribution >= 4 is 41.5 Å². The van der Waals surface area contributed by atoms with Gasteiger partial charge in [0.15, 0.2) is 5.96 Å². The monoisotopic (exact) mass is 519 g/mol. The lowest BCUT2D eigenvalue weighted by atomic mass is 10.3. The van der Waals surface area contributed by atoms with Crippen LogP contribution in [-0.4, -0.2) is 97.0 Å². The Morgan fingerprint density at radius 3 is 2.76 bits per heavy atom. The fourth-order valence-corrected chi connectivity index (χ4v) is 3.51. The number of nitrogens with one attached hydrogen (secondary N) is 1. The third-order valence-corrected chi connectivity index (χ3v) is 5.15. The van der Waals surface area contributed by atoms with Gasteiger partial charge in [0.05, 0.1) is 25.0 Å². The van der Waals surface area contributed by atoms with Crippen LogP contribution < -0.4 is 10.2 Å². The maximum absolute atomic E-state index is 12.7. The highest BCUT2D eigenvalue weighted by molar-refractivity contribution is 14.0. The Morgan fingerprint density at radius 2 is 2.17 bits per heavy atom. The van der Waals surface area contributed by atoms with E-state index >= 15 is 0 Å². The van der Waals surface area contributed by atoms with E-state index in [0.29, 0.717) is 19.1 Å². The second-order valence-corrected chi connectivity index (χ2v) is 7.33. The first kappa shape index (κ1) is 23.9. The van der Waals surface area contributed by atoms with Crippen LogP contribution in [0.1, 0.15) is 19.8 Å². The summed E-state index contributed by atoms with van der Waals surface area (Å²) in [5.41, 5.74) is 0.854. The van der Waals surface area contributed by atoms with Crippen molar-refractivity contribution < 1.29 is 9.53 Å². The molecular weight excluding hydrogens is 485 g/mol. The van der Waals surface area contributed by atoms with Gasteiger partial charge in [-0.3, -0.25) is 19.4 Å². The Bertz CT molecular complexity index is 677. The van der Waals surface area contributed by atoms with Gasteiger partial charge in [-0.1, -0.05) is 0 Å². The van der Waals surface area contributed by atoms with Gasteiger partial charge in [-0.25, -0.2) is 0 Å². The highest BCUT2D eigenvalue weighted by atomic mass is 127. The number of anilines is 1. The zero-order chi connectivity index (χ0) is 19.9. The number of halogens is 1. The lowest BCUT2D eigenvalue weighted by Crippen LogP contribution is -2.55. The average Bonchev–Trinajstić information content (AvgIpc) is 3.44. The van der Waals surface area contributed by atoms with Gasteiger partial charge in [0, 0.05) is 59.1 Å². The molecule has 1 aliphatic carbocycles. The van der Waals surface area contributed by atoms with Gasteiger partial charge in [0.25, 0.3) is 0 Å². The fraction of sp³-hybridized carbons (Fsp3) is 0.737. The van der Waals surface area contributed by atoms with Gasteiger partial charge in [-0.05, 0) is 19.8 Å². The van der Waals surface area contributed by atoms with Gasteiger partial charge in [-0.15, -0.1) is 24.0 Å². The van der Waals surface area contributed by atoms with Crippen molar-refractivity contribution in [2.24, 2.45) is 12.0 Å². The molecule has 164 valence electrons. The number of methoxy groups -OCH3 is 1. The highest BCUT2D eigenvalue weighted by Gasteiger charge is 2.29. The van der Waals surface area contributed by atoms with Crippen molar-refractivity contribution in [3.05, 3.63) is 12.4 Å². The van der Waals surface area contributed by atoms with Crippen molar-refractivity contribution in [1.29, 1.82) is 0 Å². The predicted octanol–water partition coefficient (Wildman–Crippen LogP) is 0.763. The summed E-state index contributed by atoms with van der Waals surface area (Å²) in [7, 11) is 3.60. The summed E-state index contributed by atoms with van der Waals surface area (Å²) in [6.45, 7) is 7.91. The molecule has 1 saturated carbocycles. The fourth-order valence-electron chi connectivity index (χ4n) is 3.51. The van der Waals surface area contributed by atoms with E-state index in [4.69, 9.17) is 9.73 Å². The average molecular weight is 519 g/mol. The molecule has 29 heavy (non-hydrogen) atoms. The van der Waals surface area contributed by atoms with E-state index < -0.39 is 0 Å². The molecule has 1 aromatic heterocycles. The van der Waals surface area contributed by atoms with Gasteiger partial charge in [0.1, 0.15) is 6.54 Å². The molecule has 0 unspecified atom stereocenters. The molecule has 0 aromatic carbocycles. The van der Waals surface area contributed by atoms with Crippen LogP contribution in [0.15, 0.2) is 17.4 Å². The first-order valence-electron chi connectivity index (χ1n) is 10.2. The zero-order valence-corrected chi connectivity index (χ0v) is 20.0. The van der Waals surface area contributed by atoms with Crippen LogP contribution in [0.2, 0.25) is 0 Å². The first-order valence-corrected chi connectivity index (χ1v) is 10.2. The molecule has 2 aliphatic rings. The number of carbonyl (C=O) groups excluding carboxylic acids is 1. The van der Waals surface area contributed by atoms with E-state index in [1.165, 1.54) is 12.8 Å². The highest BCUT2D eigenvalue weighted by Crippen LogP contribution is 2.26.